The molecule has 1 heterocycles. The van der Waals surface area contributed by atoms with E-state index in [1.165, 1.54) is 12.4 Å². The van der Waals surface area contributed by atoms with Gasteiger partial charge in [-0.15, -0.1) is 0 Å². The zero-order chi connectivity index (χ0) is 11.3. The highest BCUT2D eigenvalue weighted by Gasteiger charge is 2.01. The second-order valence-electron chi connectivity index (χ2n) is 2.97. The number of hydrogen-bond acceptors (Lipinski definition) is 6. The highest BCUT2D eigenvalue weighted by molar-refractivity contribution is 7.89. The van der Waals surface area contributed by atoms with Crippen LogP contribution in [0.5, 0.6) is 0 Å². The van der Waals surface area contributed by atoms with E-state index >= 15 is 0 Å². The van der Waals surface area contributed by atoms with Crippen LogP contribution in [0.25, 0.3) is 0 Å². The van der Waals surface area contributed by atoms with E-state index in [1.54, 1.807) is 0 Å². The maximum absolute atomic E-state index is 10.6. The molecule has 84 valence electrons. The standard InChI is InChI=1S/C7H13N5O2S/c8-6-4-12-7(5-11-6)10-2-1-3-15(9,13)14/h4-5H,1-3H2,(H2,8,11)(H,10,12)(H2,9,13,14). The lowest BCUT2D eigenvalue weighted by molar-refractivity contribution is 0.595. The monoisotopic (exact) mass is 231 g/mol. The molecule has 1 rings (SSSR count). The first-order valence-electron chi connectivity index (χ1n) is 4.29. The summed E-state index contributed by atoms with van der Waals surface area (Å²) in [4.78, 5) is 7.75. The first kappa shape index (κ1) is 11.7. The Morgan fingerprint density at radius 3 is 2.60 bits per heavy atom. The third-order valence-corrected chi connectivity index (χ3v) is 2.44. The zero-order valence-corrected chi connectivity index (χ0v) is 8.87. The molecule has 1 aromatic heterocycles. The number of hydrogen-bond donors (Lipinski definition) is 3. The molecular weight excluding hydrogens is 218 g/mol. The molecular formula is C7H13N5O2S. The summed E-state index contributed by atoms with van der Waals surface area (Å²) < 4.78 is 21.2. The number of anilines is 2. The highest BCUT2D eigenvalue weighted by atomic mass is 32.2. The van der Waals surface area contributed by atoms with Gasteiger partial charge in [0.2, 0.25) is 10.0 Å². The van der Waals surface area contributed by atoms with Gasteiger partial charge < -0.3 is 11.1 Å². The Morgan fingerprint density at radius 2 is 2.07 bits per heavy atom. The first-order chi connectivity index (χ1) is 6.97. The SMILES string of the molecule is Nc1cnc(NCCCS(N)(=O)=O)cn1. The van der Waals surface area contributed by atoms with Crippen molar-refractivity contribution < 1.29 is 8.42 Å². The van der Waals surface area contributed by atoms with Crippen LogP contribution in [0, 0.1) is 0 Å². The van der Waals surface area contributed by atoms with E-state index in [9.17, 15) is 8.42 Å². The third kappa shape index (κ3) is 5.13. The Balaban J connectivity index is 2.29. The number of rotatable bonds is 5. The summed E-state index contributed by atoms with van der Waals surface area (Å²) in [6.07, 6.45) is 3.32. The highest BCUT2D eigenvalue weighted by Crippen LogP contribution is 2.01. The van der Waals surface area contributed by atoms with Crippen LogP contribution in [-0.2, 0) is 10.0 Å². The molecule has 0 aromatic carbocycles. The van der Waals surface area contributed by atoms with Gasteiger partial charge in [-0.3, -0.25) is 0 Å². The summed E-state index contributed by atoms with van der Waals surface area (Å²) in [5.74, 6) is 0.839. The molecule has 0 unspecified atom stereocenters. The number of sulfonamides is 1. The second kappa shape index (κ2) is 4.89. The van der Waals surface area contributed by atoms with Crippen LogP contribution >= 0.6 is 0 Å². The first-order valence-corrected chi connectivity index (χ1v) is 6.01. The lowest BCUT2D eigenvalue weighted by atomic mass is 10.5. The summed E-state index contributed by atoms with van der Waals surface area (Å²) in [6.45, 7) is 0.467. The summed E-state index contributed by atoms with van der Waals surface area (Å²) >= 11 is 0. The molecule has 0 saturated carbocycles. The molecule has 1 aromatic rings. The number of nitrogens with zero attached hydrogens (tertiary/aromatic N) is 2. The van der Waals surface area contributed by atoms with E-state index in [1.807, 2.05) is 0 Å². The number of nitrogens with two attached hydrogens (primary N) is 2. The van der Waals surface area contributed by atoms with Crippen molar-refractivity contribution in [2.24, 2.45) is 5.14 Å². The zero-order valence-electron chi connectivity index (χ0n) is 8.05. The number of primary sulfonamides is 1. The predicted molar refractivity (Wildman–Crippen MR) is 57.5 cm³/mol. The summed E-state index contributed by atoms with van der Waals surface area (Å²) in [7, 11) is -3.38. The summed E-state index contributed by atoms with van der Waals surface area (Å²) in [5.41, 5.74) is 5.34. The normalized spacial score (nSPS) is 11.3. The van der Waals surface area contributed by atoms with Crippen molar-refractivity contribution in [1.29, 1.82) is 0 Å². The molecule has 5 N–H and O–H groups in total. The molecule has 15 heavy (non-hydrogen) atoms. The number of nitrogen functional groups attached to an aromatic ring is 1. The van der Waals surface area contributed by atoms with Gasteiger partial charge in [0.1, 0.15) is 11.6 Å². The van der Waals surface area contributed by atoms with Crippen molar-refractivity contribution in [2.75, 3.05) is 23.3 Å². The molecule has 7 nitrogen and oxygen atoms in total. The van der Waals surface area contributed by atoms with Crippen molar-refractivity contribution in [2.45, 2.75) is 6.42 Å². The van der Waals surface area contributed by atoms with Crippen molar-refractivity contribution >= 4 is 21.7 Å². The molecule has 0 bridgehead atoms. The van der Waals surface area contributed by atoms with Gasteiger partial charge in [0.05, 0.1) is 18.1 Å². The van der Waals surface area contributed by atoms with E-state index in [0.717, 1.165) is 0 Å². The maximum atomic E-state index is 10.6. The van der Waals surface area contributed by atoms with Gasteiger partial charge in [-0.1, -0.05) is 0 Å². The van der Waals surface area contributed by atoms with Gasteiger partial charge in [-0.2, -0.15) is 0 Å². The molecule has 8 heteroatoms. The Morgan fingerprint density at radius 1 is 1.33 bits per heavy atom. The van der Waals surface area contributed by atoms with E-state index in [0.29, 0.717) is 24.6 Å². The largest absolute Gasteiger partial charge is 0.382 e. The maximum Gasteiger partial charge on any atom is 0.209 e. The van der Waals surface area contributed by atoms with Gasteiger partial charge >= 0.3 is 0 Å². The fraction of sp³-hybridized carbons (Fsp3) is 0.429. The third-order valence-electron chi connectivity index (χ3n) is 1.58. The Labute approximate surface area is 88.0 Å². The average molecular weight is 231 g/mol. The minimum absolute atomic E-state index is 0.0532. The van der Waals surface area contributed by atoms with Crippen LogP contribution < -0.4 is 16.2 Å². The fourth-order valence-electron chi connectivity index (χ4n) is 0.919. The minimum atomic E-state index is -3.38. The Hall–Kier alpha value is -1.41. The lowest BCUT2D eigenvalue weighted by Gasteiger charge is -2.03. The van der Waals surface area contributed by atoms with E-state index in [-0.39, 0.29) is 5.75 Å². The molecule has 0 saturated heterocycles. The molecule has 0 radical (unpaired) electrons. The van der Waals surface area contributed by atoms with E-state index < -0.39 is 10.0 Å². The van der Waals surface area contributed by atoms with Crippen LogP contribution in [0.4, 0.5) is 11.6 Å². The molecule has 0 aliphatic heterocycles. The smallest absolute Gasteiger partial charge is 0.209 e. The Bertz CT molecular complexity index is 402. The predicted octanol–water partition coefficient (Wildman–Crippen LogP) is -0.851. The molecule has 0 aliphatic carbocycles. The van der Waals surface area contributed by atoms with Crippen LogP contribution in [0.1, 0.15) is 6.42 Å². The number of nitrogens with one attached hydrogen (secondary N) is 1. The van der Waals surface area contributed by atoms with Crippen molar-refractivity contribution in [3.05, 3.63) is 12.4 Å². The van der Waals surface area contributed by atoms with Crippen molar-refractivity contribution in [1.82, 2.24) is 9.97 Å². The minimum Gasteiger partial charge on any atom is -0.382 e. The molecule has 0 spiro atoms. The second-order valence-corrected chi connectivity index (χ2v) is 4.71. The van der Waals surface area contributed by atoms with Crippen LogP contribution in [-0.4, -0.2) is 30.7 Å². The van der Waals surface area contributed by atoms with Gasteiger partial charge in [-0.25, -0.2) is 23.5 Å². The molecule has 0 amide bonds. The van der Waals surface area contributed by atoms with E-state index in [2.05, 4.69) is 15.3 Å². The van der Waals surface area contributed by atoms with Gasteiger partial charge in [0, 0.05) is 6.54 Å². The molecule has 0 fully saturated rings. The van der Waals surface area contributed by atoms with Gasteiger partial charge in [-0.05, 0) is 6.42 Å². The lowest BCUT2D eigenvalue weighted by Crippen LogP contribution is -2.18. The number of aromatic nitrogens is 2. The summed E-state index contributed by atoms with van der Waals surface area (Å²) in [6, 6.07) is 0. The fourth-order valence-corrected chi connectivity index (χ4v) is 1.47. The van der Waals surface area contributed by atoms with Gasteiger partial charge in [0.25, 0.3) is 0 Å². The van der Waals surface area contributed by atoms with Crippen LogP contribution in [0.15, 0.2) is 12.4 Å². The Kier molecular flexibility index (Phi) is 3.81. The van der Waals surface area contributed by atoms with E-state index in [4.69, 9.17) is 10.9 Å². The summed E-state index contributed by atoms with van der Waals surface area (Å²) in [5, 5.41) is 7.73. The average Bonchev–Trinajstić information content (AvgIpc) is 2.14. The van der Waals surface area contributed by atoms with Crippen molar-refractivity contribution in [3.8, 4) is 0 Å². The van der Waals surface area contributed by atoms with Crippen molar-refractivity contribution in [3.63, 3.8) is 0 Å². The molecule has 0 aliphatic rings. The quantitative estimate of drug-likeness (QED) is 0.567. The van der Waals surface area contributed by atoms with Gasteiger partial charge in [0.15, 0.2) is 0 Å². The molecule has 0 atom stereocenters. The topological polar surface area (TPSA) is 124 Å². The van der Waals surface area contributed by atoms with Crippen LogP contribution in [0.3, 0.4) is 0 Å². The van der Waals surface area contributed by atoms with Crippen LogP contribution in [0.2, 0.25) is 0 Å².